The predicted molar refractivity (Wildman–Crippen MR) is 114 cm³/mol. The van der Waals surface area contributed by atoms with Gasteiger partial charge in [-0.2, -0.15) is 0 Å². The number of hydrogen-bond acceptors (Lipinski definition) is 3. The van der Waals surface area contributed by atoms with E-state index in [1.54, 1.807) is 6.07 Å². The first-order chi connectivity index (χ1) is 14.8. The Morgan fingerprint density at radius 1 is 1.19 bits per heavy atom. The first kappa shape index (κ1) is 21.3. The van der Waals surface area contributed by atoms with Gasteiger partial charge in [0.25, 0.3) is 5.91 Å². The fourth-order valence-corrected chi connectivity index (χ4v) is 4.60. The maximum absolute atomic E-state index is 14.1. The Morgan fingerprint density at radius 3 is 2.74 bits per heavy atom. The fraction of sp³-hybridized carbons (Fsp3) is 0.348. The Labute approximate surface area is 185 Å². The zero-order valence-electron chi connectivity index (χ0n) is 17.2. The Morgan fingerprint density at radius 2 is 1.97 bits per heavy atom. The number of amides is 4. The molecule has 2 aromatic rings. The Bertz CT molecular complexity index is 1040. The second-order valence-corrected chi connectivity index (χ2v) is 8.45. The second-order valence-electron chi connectivity index (χ2n) is 8.04. The molecule has 0 aromatic heterocycles. The van der Waals surface area contributed by atoms with Crippen LogP contribution in [0.1, 0.15) is 36.0 Å². The second kappa shape index (κ2) is 8.30. The summed E-state index contributed by atoms with van der Waals surface area (Å²) in [6.07, 6.45) is 3.03. The molecule has 1 aliphatic heterocycles. The van der Waals surface area contributed by atoms with Crippen LogP contribution < -0.4 is 5.32 Å². The van der Waals surface area contributed by atoms with Gasteiger partial charge < -0.3 is 10.2 Å². The van der Waals surface area contributed by atoms with E-state index >= 15 is 0 Å². The van der Waals surface area contributed by atoms with Crippen molar-refractivity contribution in [2.75, 3.05) is 13.6 Å². The molecule has 4 rings (SSSR count). The number of hydrogen-bond donors (Lipinski definition) is 1. The number of nitrogens with zero attached hydrogens (tertiary/aromatic N) is 2. The number of imide groups is 1. The van der Waals surface area contributed by atoms with Crippen LogP contribution in [-0.2, 0) is 28.1 Å². The van der Waals surface area contributed by atoms with Crippen molar-refractivity contribution in [3.05, 3.63) is 70.0 Å². The molecular weight excluding hydrogens is 421 g/mol. The zero-order valence-corrected chi connectivity index (χ0v) is 17.9. The van der Waals surface area contributed by atoms with E-state index in [-0.39, 0.29) is 17.1 Å². The van der Waals surface area contributed by atoms with E-state index in [1.165, 1.54) is 24.1 Å². The van der Waals surface area contributed by atoms with Gasteiger partial charge in [-0.3, -0.25) is 14.5 Å². The maximum atomic E-state index is 14.1. The number of carbonyl (C=O) groups is 3. The molecule has 1 spiro atoms. The lowest BCUT2D eigenvalue weighted by atomic mass is 9.84. The van der Waals surface area contributed by atoms with Crippen LogP contribution in [0.5, 0.6) is 0 Å². The summed E-state index contributed by atoms with van der Waals surface area (Å²) in [5.74, 6) is -1.42. The number of halogens is 2. The van der Waals surface area contributed by atoms with Crippen molar-refractivity contribution >= 4 is 29.4 Å². The minimum atomic E-state index is -1.14. The van der Waals surface area contributed by atoms with Gasteiger partial charge in [0.1, 0.15) is 17.9 Å². The first-order valence-electron chi connectivity index (χ1n) is 10.2. The average Bonchev–Trinajstić information content (AvgIpc) is 2.89. The monoisotopic (exact) mass is 443 g/mol. The van der Waals surface area contributed by atoms with Crippen LogP contribution in [0, 0.1) is 5.82 Å². The predicted octanol–water partition coefficient (Wildman–Crippen LogP) is 3.61. The standard InChI is InChI=1S/C23H23ClFN3O3/c1-27(13-16-18(24)10-6-11-19(16)25)20(29)14-28-21(30)23(26-22(28)31)12-5-4-8-15-7-2-3-9-17(15)23/h2-3,6-7,9-11H,4-5,8,12-14H2,1H3,(H,26,31)/t23-/m1/s1. The number of likely N-dealkylation sites (N-methyl/N-ethyl adjacent to an activating group) is 1. The third-order valence-electron chi connectivity index (χ3n) is 6.08. The van der Waals surface area contributed by atoms with Gasteiger partial charge in [-0.25, -0.2) is 9.18 Å². The van der Waals surface area contributed by atoms with E-state index in [2.05, 4.69) is 5.32 Å². The van der Waals surface area contributed by atoms with Gasteiger partial charge in [0.05, 0.1) is 0 Å². The molecule has 1 fully saturated rings. The number of aryl methyl sites for hydroxylation is 1. The lowest BCUT2D eigenvalue weighted by molar-refractivity contribution is -0.139. The van der Waals surface area contributed by atoms with Crippen molar-refractivity contribution in [1.82, 2.24) is 15.1 Å². The van der Waals surface area contributed by atoms with Crippen LogP contribution in [-0.4, -0.2) is 41.2 Å². The Kier molecular flexibility index (Phi) is 5.71. The van der Waals surface area contributed by atoms with Crippen LogP contribution in [0.4, 0.5) is 9.18 Å². The van der Waals surface area contributed by atoms with E-state index in [9.17, 15) is 18.8 Å². The molecule has 1 N–H and O–H groups in total. The van der Waals surface area contributed by atoms with Crippen LogP contribution >= 0.6 is 11.6 Å². The van der Waals surface area contributed by atoms with E-state index in [0.29, 0.717) is 6.42 Å². The number of carbonyl (C=O) groups excluding carboxylic acids is 3. The maximum Gasteiger partial charge on any atom is 0.325 e. The lowest BCUT2D eigenvalue weighted by Gasteiger charge is -2.27. The Hall–Kier alpha value is -2.93. The van der Waals surface area contributed by atoms with Crippen LogP contribution in [0.25, 0.3) is 0 Å². The van der Waals surface area contributed by atoms with Gasteiger partial charge in [-0.1, -0.05) is 41.9 Å². The topological polar surface area (TPSA) is 69.7 Å². The minimum Gasteiger partial charge on any atom is -0.340 e. The minimum absolute atomic E-state index is 0.0675. The molecule has 6 nitrogen and oxygen atoms in total. The van der Waals surface area contributed by atoms with E-state index < -0.39 is 35.7 Å². The molecule has 1 saturated heterocycles. The Balaban J connectivity index is 1.54. The highest BCUT2D eigenvalue weighted by Crippen LogP contribution is 2.39. The fourth-order valence-electron chi connectivity index (χ4n) is 4.38. The van der Waals surface area contributed by atoms with E-state index in [4.69, 9.17) is 11.6 Å². The molecule has 1 heterocycles. The summed E-state index contributed by atoms with van der Waals surface area (Å²) in [5.41, 5.74) is 0.879. The summed E-state index contributed by atoms with van der Waals surface area (Å²) in [5, 5.41) is 3.07. The van der Waals surface area contributed by atoms with E-state index in [0.717, 1.165) is 35.3 Å². The molecule has 31 heavy (non-hydrogen) atoms. The van der Waals surface area contributed by atoms with Crippen LogP contribution in [0.2, 0.25) is 5.02 Å². The van der Waals surface area contributed by atoms with Gasteiger partial charge in [0.15, 0.2) is 0 Å². The van der Waals surface area contributed by atoms with Gasteiger partial charge >= 0.3 is 6.03 Å². The van der Waals surface area contributed by atoms with Gasteiger partial charge in [-0.05, 0) is 48.9 Å². The van der Waals surface area contributed by atoms with Gasteiger partial charge in [0, 0.05) is 24.2 Å². The molecule has 0 saturated carbocycles. The summed E-state index contributed by atoms with van der Waals surface area (Å²) in [7, 11) is 1.49. The summed E-state index contributed by atoms with van der Waals surface area (Å²) in [6, 6.07) is 11.3. The van der Waals surface area contributed by atoms with Crippen molar-refractivity contribution in [2.24, 2.45) is 0 Å². The number of nitrogens with one attached hydrogen (secondary N) is 1. The summed E-state index contributed by atoms with van der Waals surface area (Å²) >= 11 is 6.05. The largest absolute Gasteiger partial charge is 0.340 e. The molecule has 4 amide bonds. The van der Waals surface area contributed by atoms with Crippen molar-refractivity contribution in [3.8, 4) is 0 Å². The normalized spacial score (nSPS) is 20.4. The molecule has 2 aliphatic rings. The molecule has 2 aromatic carbocycles. The summed E-state index contributed by atoms with van der Waals surface area (Å²) in [4.78, 5) is 41.2. The molecule has 1 atom stereocenters. The van der Waals surface area contributed by atoms with E-state index in [1.807, 2.05) is 24.3 Å². The summed E-state index contributed by atoms with van der Waals surface area (Å²) in [6.45, 7) is -0.487. The number of urea groups is 1. The number of fused-ring (bicyclic) bond motifs is 2. The van der Waals surface area contributed by atoms with Crippen molar-refractivity contribution in [2.45, 2.75) is 37.8 Å². The number of rotatable bonds is 4. The summed E-state index contributed by atoms with van der Waals surface area (Å²) < 4.78 is 14.1. The van der Waals surface area contributed by atoms with Crippen molar-refractivity contribution in [3.63, 3.8) is 0 Å². The highest BCUT2D eigenvalue weighted by Gasteiger charge is 2.53. The third kappa shape index (κ3) is 3.78. The van der Waals surface area contributed by atoms with Gasteiger partial charge in [-0.15, -0.1) is 0 Å². The molecule has 162 valence electrons. The molecule has 0 bridgehead atoms. The highest BCUT2D eigenvalue weighted by atomic mass is 35.5. The molecule has 0 unspecified atom stereocenters. The zero-order chi connectivity index (χ0) is 22.2. The van der Waals surface area contributed by atoms with Crippen molar-refractivity contribution in [1.29, 1.82) is 0 Å². The average molecular weight is 444 g/mol. The molecule has 8 heteroatoms. The third-order valence-corrected chi connectivity index (χ3v) is 6.43. The smallest absolute Gasteiger partial charge is 0.325 e. The van der Waals surface area contributed by atoms with Gasteiger partial charge in [0.2, 0.25) is 5.91 Å². The molecule has 1 aliphatic carbocycles. The van der Waals surface area contributed by atoms with Crippen LogP contribution in [0.15, 0.2) is 42.5 Å². The highest BCUT2D eigenvalue weighted by molar-refractivity contribution is 6.31. The van der Waals surface area contributed by atoms with Crippen LogP contribution in [0.3, 0.4) is 0 Å². The lowest BCUT2D eigenvalue weighted by Crippen LogP contribution is -2.45. The number of benzene rings is 2. The quantitative estimate of drug-likeness (QED) is 0.734. The molecular formula is C23H23ClFN3O3. The first-order valence-corrected chi connectivity index (χ1v) is 10.6. The SMILES string of the molecule is CN(Cc1c(F)cccc1Cl)C(=O)CN1C(=O)N[C@@]2(CCCCc3ccccc32)C1=O. The van der Waals surface area contributed by atoms with Crippen molar-refractivity contribution < 1.29 is 18.8 Å². The molecule has 0 radical (unpaired) electrons.